The Kier molecular flexibility index (Phi) is 3.61. The predicted molar refractivity (Wildman–Crippen MR) is 57.2 cm³/mol. The van der Waals surface area contributed by atoms with Gasteiger partial charge in [0.2, 0.25) is 0 Å². The molecule has 1 N–H and O–H groups in total. The van der Waals surface area contributed by atoms with Crippen molar-refractivity contribution in [1.82, 2.24) is 0 Å². The average Bonchev–Trinajstić information content (AvgIpc) is 2.18. The summed E-state index contributed by atoms with van der Waals surface area (Å²) in [6.45, 7) is 1.82. The molecule has 0 unspecified atom stereocenters. The van der Waals surface area contributed by atoms with Crippen molar-refractivity contribution in [3.63, 3.8) is 0 Å². The van der Waals surface area contributed by atoms with E-state index in [4.69, 9.17) is 23.2 Å². The van der Waals surface area contributed by atoms with E-state index in [0.717, 1.165) is 5.56 Å². The van der Waals surface area contributed by atoms with Gasteiger partial charge in [-0.3, -0.25) is 5.32 Å². The van der Waals surface area contributed by atoms with Crippen LogP contribution < -0.4 is 5.32 Å². The van der Waals surface area contributed by atoms with E-state index in [1.165, 1.54) is 7.11 Å². The number of benzene rings is 1. The molecule has 76 valence electrons. The van der Waals surface area contributed by atoms with Crippen LogP contribution in [0.1, 0.15) is 5.56 Å². The summed E-state index contributed by atoms with van der Waals surface area (Å²) in [6.07, 6.45) is -0.598. The normalized spacial score (nSPS) is 9.71. The number of methoxy groups -OCH3 is 1. The molecule has 0 aliphatic rings. The summed E-state index contributed by atoms with van der Waals surface area (Å²) in [6, 6.07) is 3.43. The van der Waals surface area contributed by atoms with Gasteiger partial charge in [-0.05, 0) is 18.6 Å². The lowest BCUT2D eigenvalue weighted by atomic mass is 10.2. The van der Waals surface area contributed by atoms with E-state index in [1.807, 2.05) is 6.92 Å². The zero-order valence-corrected chi connectivity index (χ0v) is 9.24. The number of halogens is 2. The van der Waals surface area contributed by atoms with Crippen molar-refractivity contribution < 1.29 is 9.53 Å². The summed E-state index contributed by atoms with van der Waals surface area (Å²) in [5.74, 6) is 0. The van der Waals surface area contributed by atoms with Crippen LogP contribution in [0.3, 0.4) is 0 Å². The minimum absolute atomic E-state index is 0.375. The Morgan fingerprint density at radius 2 is 2.07 bits per heavy atom. The van der Waals surface area contributed by atoms with E-state index in [9.17, 15) is 4.79 Å². The molecule has 0 radical (unpaired) electrons. The Morgan fingerprint density at radius 3 is 2.64 bits per heavy atom. The molecule has 0 fully saturated rings. The second kappa shape index (κ2) is 4.53. The third-order valence-corrected chi connectivity index (χ3v) is 2.50. The molecule has 14 heavy (non-hydrogen) atoms. The molecule has 0 atom stereocenters. The van der Waals surface area contributed by atoms with E-state index in [0.29, 0.717) is 15.7 Å². The van der Waals surface area contributed by atoms with Gasteiger partial charge in [0.05, 0.1) is 22.8 Å². The third kappa shape index (κ3) is 2.30. The van der Waals surface area contributed by atoms with Crippen molar-refractivity contribution in [1.29, 1.82) is 0 Å². The first-order valence-corrected chi connectivity index (χ1v) is 4.61. The lowest BCUT2D eigenvalue weighted by Gasteiger charge is -2.09. The molecule has 0 aliphatic heterocycles. The number of hydrogen-bond donors (Lipinski definition) is 1. The van der Waals surface area contributed by atoms with Crippen LogP contribution in [-0.2, 0) is 4.74 Å². The van der Waals surface area contributed by atoms with Crippen LogP contribution in [0, 0.1) is 6.92 Å². The van der Waals surface area contributed by atoms with Gasteiger partial charge in [0, 0.05) is 0 Å². The predicted octanol–water partition coefficient (Wildman–Crippen LogP) is 3.48. The third-order valence-electron chi connectivity index (χ3n) is 1.70. The second-order valence-corrected chi connectivity index (χ2v) is 3.46. The highest BCUT2D eigenvalue weighted by atomic mass is 35.5. The molecule has 1 amide bonds. The van der Waals surface area contributed by atoms with Gasteiger partial charge in [0.15, 0.2) is 0 Å². The Hall–Kier alpha value is -0.930. The monoisotopic (exact) mass is 233 g/mol. The molecule has 0 aromatic heterocycles. The SMILES string of the molecule is COC(=O)Nc1c(Cl)ccc(C)c1Cl. The maximum absolute atomic E-state index is 10.9. The fourth-order valence-electron chi connectivity index (χ4n) is 0.924. The minimum atomic E-state index is -0.598. The van der Waals surface area contributed by atoms with Gasteiger partial charge in [-0.1, -0.05) is 29.3 Å². The van der Waals surface area contributed by atoms with E-state index in [2.05, 4.69) is 10.1 Å². The molecule has 0 bridgehead atoms. The summed E-state index contributed by atoms with van der Waals surface area (Å²) >= 11 is 11.8. The molecule has 0 heterocycles. The summed E-state index contributed by atoms with van der Waals surface area (Å²) < 4.78 is 4.44. The number of carbonyl (C=O) groups is 1. The topological polar surface area (TPSA) is 38.3 Å². The number of carbonyl (C=O) groups excluding carboxylic acids is 1. The van der Waals surface area contributed by atoms with Crippen molar-refractivity contribution in [2.45, 2.75) is 6.92 Å². The lowest BCUT2D eigenvalue weighted by Crippen LogP contribution is -2.11. The van der Waals surface area contributed by atoms with Crippen LogP contribution in [0.25, 0.3) is 0 Å². The van der Waals surface area contributed by atoms with Gasteiger partial charge in [-0.2, -0.15) is 0 Å². The molecule has 0 aliphatic carbocycles. The first-order valence-electron chi connectivity index (χ1n) is 3.86. The minimum Gasteiger partial charge on any atom is -0.453 e. The highest BCUT2D eigenvalue weighted by Gasteiger charge is 2.11. The number of amides is 1. The second-order valence-electron chi connectivity index (χ2n) is 2.67. The van der Waals surface area contributed by atoms with Gasteiger partial charge in [-0.15, -0.1) is 0 Å². The summed E-state index contributed by atoms with van der Waals surface area (Å²) in [5.41, 5.74) is 1.21. The van der Waals surface area contributed by atoms with Crippen molar-refractivity contribution >= 4 is 35.0 Å². The van der Waals surface area contributed by atoms with Gasteiger partial charge in [0.1, 0.15) is 0 Å². The maximum atomic E-state index is 10.9. The number of nitrogens with one attached hydrogen (secondary N) is 1. The molecular weight excluding hydrogens is 225 g/mol. The summed E-state index contributed by atoms with van der Waals surface area (Å²) in [4.78, 5) is 10.9. The number of anilines is 1. The highest BCUT2D eigenvalue weighted by molar-refractivity contribution is 6.40. The van der Waals surface area contributed by atoms with Crippen LogP contribution in [0.5, 0.6) is 0 Å². The molecule has 0 saturated heterocycles. The smallest absolute Gasteiger partial charge is 0.411 e. The Bertz CT molecular complexity index is 366. The van der Waals surface area contributed by atoms with Gasteiger partial charge >= 0.3 is 6.09 Å². The van der Waals surface area contributed by atoms with Crippen LogP contribution in [-0.4, -0.2) is 13.2 Å². The van der Waals surface area contributed by atoms with E-state index in [1.54, 1.807) is 12.1 Å². The standard InChI is InChI=1S/C9H9Cl2NO2/c1-5-3-4-6(10)8(7(5)11)12-9(13)14-2/h3-4H,1-2H3,(H,12,13). The molecule has 1 aromatic rings. The molecule has 1 rings (SSSR count). The summed E-state index contributed by atoms with van der Waals surface area (Å²) in [5, 5.41) is 3.24. The maximum Gasteiger partial charge on any atom is 0.411 e. The number of aryl methyl sites for hydroxylation is 1. The van der Waals surface area contributed by atoms with Crippen LogP contribution in [0.2, 0.25) is 10.0 Å². The van der Waals surface area contributed by atoms with E-state index in [-0.39, 0.29) is 0 Å². The Labute approximate surface area is 92.0 Å². The molecule has 5 heteroatoms. The zero-order chi connectivity index (χ0) is 10.7. The van der Waals surface area contributed by atoms with Crippen LogP contribution in [0.15, 0.2) is 12.1 Å². The Balaban J connectivity index is 3.06. The average molecular weight is 234 g/mol. The van der Waals surface area contributed by atoms with Gasteiger partial charge in [-0.25, -0.2) is 4.79 Å². The number of hydrogen-bond acceptors (Lipinski definition) is 2. The fraction of sp³-hybridized carbons (Fsp3) is 0.222. The number of ether oxygens (including phenoxy) is 1. The fourth-order valence-corrected chi connectivity index (χ4v) is 1.39. The van der Waals surface area contributed by atoms with Crippen LogP contribution >= 0.6 is 23.2 Å². The summed E-state index contributed by atoms with van der Waals surface area (Å²) in [7, 11) is 1.27. The molecular formula is C9H9Cl2NO2. The first-order chi connectivity index (χ1) is 6.56. The first kappa shape index (κ1) is 11.1. The van der Waals surface area contributed by atoms with Crippen molar-refractivity contribution in [3.05, 3.63) is 27.7 Å². The molecule has 3 nitrogen and oxygen atoms in total. The van der Waals surface area contributed by atoms with Gasteiger partial charge < -0.3 is 4.74 Å². The van der Waals surface area contributed by atoms with Crippen molar-refractivity contribution in [2.75, 3.05) is 12.4 Å². The largest absolute Gasteiger partial charge is 0.453 e. The van der Waals surface area contributed by atoms with E-state index >= 15 is 0 Å². The molecule has 0 spiro atoms. The van der Waals surface area contributed by atoms with Crippen molar-refractivity contribution in [2.24, 2.45) is 0 Å². The number of rotatable bonds is 1. The zero-order valence-electron chi connectivity index (χ0n) is 7.73. The quantitative estimate of drug-likeness (QED) is 0.807. The highest BCUT2D eigenvalue weighted by Crippen LogP contribution is 2.32. The van der Waals surface area contributed by atoms with E-state index < -0.39 is 6.09 Å². The molecule has 0 saturated carbocycles. The van der Waals surface area contributed by atoms with Crippen LogP contribution in [0.4, 0.5) is 10.5 Å². The lowest BCUT2D eigenvalue weighted by molar-refractivity contribution is 0.187. The van der Waals surface area contributed by atoms with Crippen molar-refractivity contribution in [3.8, 4) is 0 Å². The van der Waals surface area contributed by atoms with Gasteiger partial charge in [0.25, 0.3) is 0 Å². The Morgan fingerprint density at radius 1 is 1.43 bits per heavy atom. The molecule has 1 aromatic carbocycles.